The zero-order chi connectivity index (χ0) is 27.8. The average Bonchev–Trinajstić information content (AvgIpc) is 3.56. The van der Waals surface area contributed by atoms with Gasteiger partial charge in [0.25, 0.3) is 0 Å². The fourth-order valence-corrected chi connectivity index (χ4v) is 5.47. The van der Waals surface area contributed by atoms with Gasteiger partial charge in [0.15, 0.2) is 0 Å². The molecule has 0 radical (unpaired) electrons. The number of likely N-dealkylation sites (N-methyl/N-ethyl adjacent to an activating group) is 1. The Hall–Kier alpha value is -3.82. The van der Waals surface area contributed by atoms with Crippen molar-refractivity contribution < 1.29 is 9.53 Å². The molecule has 1 amide bonds. The number of hydrogen-bond acceptors (Lipinski definition) is 8. The molecule has 4 rings (SSSR count). The van der Waals surface area contributed by atoms with Crippen LogP contribution in [0.5, 0.6) is 5.75 Å². The Labute approximate surface area is 234 Å². The maximum Gasteiger partial charge on any atom is 0.240 e. The van der Waals surface area contributed by atoms with Gasteiger partial charge in [0.05, 0.1) is 40.1 Å². The third kappa shape index (κ3) is 6.61. The lowest BCUT2D eigenvalue weighted by Crippen LogP contribution is -2.35. The number of carbonyl (C=O) groups excluding carboxylic acids is 1. The molecule has 39 heavy (non-hydrogen) atoms. The van der Waals surface area contributed by atoms with Gasteiger partial charge in [-0.3, -0.25) is 14.8 Å². The first kappa shape index (κ1) is 28.2. The van der Waals surface area contributed by atoms with Crippen molar-refractivity contribution in [1.29, 1.82) is 0 Å². The average molecular weight is 545 g/mol. The highest BCUT2D eigenvalue weighted by atomic mass is 32.1. The summed E-state index contributed by atoms with van der Waals surface area (Å²) in [6.45, 7) is 11.9. The highest BCUT2D eigenvalue weighted by Gasteiger charge is 2.26. The number of ether oxygens (including phenoxy) is 1. The second-order valence-electron chi connectivity index (χ2n) is 9.36. The van der Waals surface area contributed by atoms with Gasteiger partial charge >= 0.3 is 0 Å². The third-order valence-corrected chi connectivity index (χ3v) is 7.67. The molecule has 0 bridgehead atoms. The van der Waals surface area contributed by atoms with E-state index in [1.807, 2.05) is 48.2 Å². The van der Waals surface area contributed by atoms with Crippen molar-refractivity contribution in [2.24, 2.45) is 9.98 Å². The lowest BCUT2D eigenvalue weighted by Gasteiger charge is -2.19. The molecule has 9 heteroatoms. The summed E-state index contributed by atoms with van der Waals surface area (Å²) in [5, 5.41) is 7.34. The number of nitrogens with zero attached hydrogens (tertiary/aromatic N) is 4. The number of allylic oxidation sites excluding steroid dienone is 1. The normalized spacial score (nSPS) is 13.3. The van der Waals surface area contributed by atoms with E-state index in [0.29, 0.717) is 32.3 Å². The number of hydrogen-bond donors (Lipinski definition) is 2. The highest BCUT2D eigenvalue weighted by molar-refractivity contribution is 7.13. The summed E-state index contributed by atoms with van der Waals surface area (Å²) < 4.78 is 5.88. The van der Waals surface area contributed by atoms with Gasteiger partial charge in [0.2, 0.25) is 5.91 Å². The molecule has 2 N–H and O–H groups in total. The molecular weight excluding hydrogens is 508 g/mol. The van der Waals surface area contributed by atoms with Gasteiger partial charge in [0, 0.05) is 29.9 Å². The lowest BCUT2D eigenvalue weighted by molar-refractivity contribution is -0.117. The summed E-state index contributed by atoms with van der Waals surface area (Å²) in [4.78, 5) is 29.1. The SMILES string of the molecule is C=N/C(=C\C=N/CNc1cc2c(cc1OCC)CCN2C(=O)CNC)c1sc(C(C)C)nc1-c1ccccc1. The Morgan fingerprint density at radius 1 is 1.28 bits per heavy atom. The molecule has 0 spiro atoms. The van der Waals surface area contributed by atoms with E-state index in [0.717, 1.165) is 55.9 Å². The van der Waals surface area contributed by atoms with E-state index < -0.39 is 0 Å². The van der Waals surface area contributed by atoms with E-state index in [9.17, 15) is 4.79 Å². The minimum Gasteiger partial charge on any atom is -0.492 e. The number of aromatic nitrogens is 1. The van der Waals surface area contributed by atoms with Gasteiger partial charge in [-0.1, -0.05) is 44.2 Å². The fraction of sp³-hybridized carbons (Fsp3) is 0.333. The number of thiazole rings is 1. The van der Waals surface area contributed by atoms with E-state index in [4.69, 9.17) is 9.72 Å². The van der Waals surface area contributed by atoms with Crippen molar-refractivity contribution >= 4 is 47.2 Å². The van der Waals surface area contributed by atoms with Gasteiger partial charge in [-0.25, -0.2) is 4.98 Å². The molecule has 0 saturated heterocycles. The molecule has 204 valence electrons. The molecule has 0 unspecified atom stereocenters. The van der Waals surface area contributed by atoms with Crippen LogP contribution < -0.4 is 20.3 Å². The van der Waals surface area contributed by atoms with Crippen molar-refractivity contribution in [2.45, 2.75) is 33.1 Å². The molecule has 1 aliphatic heterocycles. The molecule has 0 atom stereocenters. The summed E-state index contributed by atoms with van der Waals surface area (Å²) >= 11 is 1.64. The highest BCUT2D eigenvalue weighted by Crippen LogP contribution is 2.38. The largest absolute Gasteiger partial charge is 0.492 e. The first-order chi connectivity index (χ1) is 19.0. The molecule has 0 fully saturated rings. The van der Waals surface area contributed by atoms with Crippen LogP contribution in [0.4, 0.5) is 11.4 Å². The monoisotopic (exact) mass is 544 g/mol. The number of rotatable bonds is 12. The topological polar surface area (TPSA) is 91.2 Å². The second-order valence-corrected chi connectivity index (χ2v) is 10.4. The number of nitrogens with one attached hydrogen (secondary N) is 2. The number of amides is 1. The first-order valence-corrected chi connectivity index (χ1v) is 14.0. The van der Waals surface area contributed by atoms with E-state index in [1.165, 1.54) is 0 Å². The summed E-state index contributed by atoms with van der Waals surface area (Å²) in [5.74, 6) is 1.13. The molecular formula is C30H36N6O2S. The molecule has 1 aromatic heterocycles. The van der Waals surface area contributed by atoms with Crippen molar-refractivity contribution in [3.8, 4) is 17.0 Å². The van der Waals surface area contributed by atoms with Crippen LogP contribution >= 0.6 is 11.3 Å². The Bertz CT molecular complexity index is 1360. The summed E-state index contributed by atoms with van der Waals surface area (Å²) in [6, 6.07) is 14.1. The number of carbonyl (C=O) groups is 1. The summed E-state index contributed by atoms with van der Waals surface area (Å²) in [7, 11) is 1.78. The lowest BCUT2D eigenvalue weighted by atomic mass is 10.1. The van der Waals surface area contributed by atoms with Crippen LogP contribution in [0, 0.1) is 0 Å². The molecule has 2 heterocycles. The van der Waals surface area contributed by atoms with Gasteiger partial charge in [-0.2, -0.15) is 0 Å². The van der Waals surface area contributed by atoms with Crippen LogP contribution in [0.15, 0.2) is 58.5 Å². The van der Waals surface area contributed by atoms with Crippen LogP contribution in [-0.4, -0.2) is 57.2 Å². The standard InChI is InChI=1S/C30H36N6O2S/c1-6-38-26-16-22-13-15-36(27(37)18-31-4)25(22)17-24(26)34-19-33-14-12-23(32-5)29-28(21-10-8-7-9-11-21)35-30(39-29)20(2)3/h7-12,14,16-17,20,31,34H,5-6,13,15,18-19H2,1-4H3/b23-12-,33-14-. The van der Waals surface area contributed by atoms with Crippen LogP contribution in [0.3, 0.4) is 0 Å². The van der Waals surface area contributed by atoms with E-state index in [2.05, 4.69) is 53.3 Å². The van der Waals surface area contributed by atoms with E-state index in [-0.39, 0.29) is 5.91 Å². The molecule has 3 aromatic rings. The molecule has 0 aliphatic carbocycles. The number of aliphatic imine (C=N–C) groups is 2. The Morgan fingerprint density at radius 3 is 2.77 bits per heavy atom. The number of benzene rings is 2. The van der Waals surface area contributed by atoms with Gasteiger partial charge in [-0.05, 0) is 50.9 Å². The summed E-state index contributed by atoms with van der Waals surface area (Å²) in [6.07, 6.45) is 4.41. The Morgan fingerprint density at radius 2 is 2.08 bits per heavy atom. The minimum absolute atomic E-state index is 0.0533. The predicted octanol–water partition coefficient (Wildman–Crippen LogP) is 5.62. The van der Waals surface area contributed by atoms with Crippen molar-refractivity contribution in [3.05, 3.63) is 64.0 Å². The fourth-order valence-electron chi connectivity index (χ4n) is 4.39. The summed E-state index contributed by atoms with van der Waals surface area (Å²) in [5.41, 5.74) is 5.52. The number of fused-ring (bicyclic) bond motifs is 1. The van der Waals surface area contributed by atoms with Crippen molar-refractivity contribution in [1.82, 2.24) is 10.3 Å². The maximum atomic E-state index is 12.6. The van der Waals surface area contributed by atoms with Crippen LogP contribution in [0.1, 0.15) is 42.1 Å². The van der Waals surface area contributed by atoms with Crippen molar-refractivity contribution in [3.63, 3.8) is 0 Å². The van der Waals surface area contributed by atoms with Crippen LogP contribution in [0.2, 0.25) is 0 Å². The molecule has 2 aromatic carbocycles. The van der Waals surface area contributed by atoms with E-state index >= 15 is 0 Å². The quantitative estimate of drug-likeness (QED) is 0.289. The second kappa shape index (κ2) is 13.3. The zero-order valence-electron chi connectivity index (χ0n) is 23.0. The Kier molecular flexibility index (Phi) is 9.62. The van der Waals surface area contributed by atoms with E-state index in [1.54, 1.807) is 24.6 Å². The van der Waals surface area contributed by atoms with Gasteiger partial charge in [0.1, 0.15) is 12.4 Å². The molecule has 8 nitrogen and oxygen atoms in total. The van der Waals surface area contributed by atoms with Crippen LogP contribution in [-0.2, 0) is 11.2 Å². The maximum absolute atomic E-state index is 12.6. The third-order valence-electron chi connectivity index (χ3n) is 6.29. The zero-order valence-corrected chi connectivity index (χ0v) is 23.8. The first-order valence-electron chi connectivity index (χ1n) is 13.2. The molecule has 0 saturated carbocycles. The molecule has 1 aliphatic rings. The predicted molar refractivity (Wildman–Crippen MR) is 164 cm³/mol. The Balaban J connectivity index is 1.53. The van der Waals surface area contributed by atoms with Crippen molar-refractivity contribution in [2.75, 3.05) is 43.6 Å². The van der Waals surface area contributed by atoms with Gasteiger partial charge in [-0.15, -0.1) is 11.3 Å². The van der Waals surface area contributed by atoms with Crippen LogP contribution in [0.25, 0.3) is 17.0 Å². The smallest absolute Gasteiger partial charge is 0.240 e. The minimum atomic E-state index is 0.0533. The van der Waals surface area contributed by atoms with Gasteiger partial charge < -0.3 is 20.3 Å². The number of anilines is 2.